The quantitative estimate of drug-likeness (QED) is 0.316. The molecule has 6 nitrogen and oxygen atoms in total. The molecule has 0 heterocycles. The SMILES string of the molecule is CCN(C)C(=O)C(C)NCc1ccc(/C(N)=N/O)cc1C. The molecular formula is C15H24N4O2. The largest absolute Gasteiger partial charge is 0.409 e. The van der Waals surface area contributed by atoms with Crippen molar-refractivity contribution in [3.05, 3.63) is 34.9 Å². The number of hydrogen-bond donors (Lipinski definition) is 3. The van der Waals surface area contributed by atoms with Gasteiger partial charge in [-0.3, -0.25) is 4.79 Å². The number of aryl methyl sites for hydroxylation is 1. The first-order valence-electron chi connectivity index (χ1n) is 6.96. The molecule has 1 aromatic carbocycles. The zero-order chi connectivity index (χ0) is 16.0. The van der Waals surface area contributed by atoms with Gasteiger partial charge in [0.25, 0.3) is 0 Å². The number of carbonyl (C=O) groups excluding carboxylic acids is 1. The smallest absolute Gasteiger partial charge is 0.239 e. The first kappa shape index (κ1) is 17.0. The molecule has 0 aliphatic carbocycles. The summed E-state index contributed by atoms with van der Waals surface area (Å²) in [5.41, 5.74) is 8.33. The van der Waals surface area contributed by atoms with Crippen molar-refractivity contribution >= 4 is 11.7 Å². The predicted octanol–water partition coefficient (Wildman–Crippen LogP) is 1.05. The van der Waals surface area contributed by atoms with Crippen LogP contribution in [0.5, 0.6) is 0 Å². The molecule has 21 heavy (non-hydrogen) atoms. The van der Waals surface area contributed by atoms with E-state index in [9.17, 15) is 4.79 Å². The van der Waals surface area contributed by atoms with Gasteiger partial charge in [0.1, 0.15) is 0 Å². The number of nitrogens with two attached hydrogens (primary N) is 1. The zero-order valence-electron chi connectivity index (χ0n) is 13.1. The average Bonchev–Trinajstić information content (AvgIpc) is 2.50. The Morgan fingerprint density at radius 2 is 2.19 bits per heavy atom. The molecule has 4 N–H and O–H groups in total. The fraction of sp³-hybridized carbons (Fsp3) is 0.467. The highest BCUT2D eigenvalue weighted by atomic mass is 16.4. The number of hydrogen-bond acceptors (Lipinski definition) is 4. The van der Waals surface area contributed by atoms with E-state index in [2.05, 4.69) is 10.5 Å². The minimum atomic E-state index is -0.238. The zero-order valence-corrected chi connectivity index (χ0v) is 13.1. The van der Waals surface area contributed by atoms with Crippen LogP contribution in [0.1, 0.15) is 30.5 Å². The monoisotopic (exact) mass is 292 g/mol. The Hall–Kier alpha value is -2.08. The Labute approximate surface area is 125 Å². The van der Waals surface area contributed by atoms with Crippen LogP contribution < -0.4 is 11.1 Å². The van der Waals surface area contributed by atoms with Crippen LogP contribution in [0.3, 0.4) is 0 Å². The van der Waals surface area contributed by atoms with E-state index in [1.807, 2.05) is 32.9 Å². The van der Waals surface area contributed by atoms with Crippen LogP contribution in [-0.2, 0) is 11.3 Å². The van der Waals surface area contributed by atoms with E-state index in [-0.39, 0.29) is 17.8 Å². The predicted molar refractivity (Wildman–Crippen MR) is 83.3 cm³/mol. The van der Waals surface area contributed by atoms with Crippen molar-refractivity contribution in [2.75, 3.05) is 13.6 Å². The second kappa shape index (κ2) is 7.64. The summed E-state index contributed by atoms with van der Waals surface area (Å²) >= 11 is 0. The molecule has 0 bridgehead atoms. The maximum absolute atomic E-state index is 12.0. The third-order valence-electron chi connectivity index (χ3n) is 3.57. The lowest BCUT2D eigenvalue weighted by Crippen LogP contribution is -2.42. The average molecular weight is 292 g/mol. The summed E-state index contributed by atoms with van der Waals surface area (Å²) < 4.78 is 0. The van der Waals surface area contributed by atoms with Gasteiger partial charge in [-0.2, -0.15) is 0 Å². The summed E-state index contributed by atoms with van der Waals surface area (Å²) in [4.78, 5) is 13.7. The van der Waals surface area contributed by atoms with E-state index in [0.29, 0.717) is 18.7 Å². The van der Waals surface area contributed by atoms with Gasteiger partial charge >= 0.3 is 0 Å². The lowest BCUT2D eigenvalue weighted by atomic mass is 10.0. The van der Waals surface area contributed by atoms with Crippen molar-refractivity contribution in [2.45, 2.75) is 33.4 Å². The maximum atomic E-state index is 12.0. The molecule has 116 valence electrons. The first-order valence-corrected chi connectivity index (χ1v) is 6.96. The summed E-state index contributed by atoms with van der Waals surface area (Å²) in [5.74, 6) is 0.161. The molecule has 0 saturated carbocycles. The maximum Gasteiger partial charge on any atom is 0.239 e. The fourth-order valence-electron chi connectivity index (χ4n) is 1.95. The van der Waals surface area contributed by atoms with Gasteiger partial charge in [-0.1, -0.05) is 17.3 Å². The third kappa shape index (κ3) is 4.46. The Kier molecular flexibility index (Phi) is 6.17. The lowest BCUT2D eigenvalue weighted by Gasteiger charge is -2.21. The van der Waals surface area contributed by atoms with Crippen molar-refractivity contribution in [2.24, 2.45) is 10.9 Å². The van der Waals surface area contributed by atoms with Crippen LogP contribution in [0.2, 0.25) is 0 Å². The number of nitrogens with one attached hydrogen (secondary N) is 1. The first-order chi connectivity index (χ1) is 9.90. The summed E-state index contributed by atoms with van der Waals surface area (Å²) in [6, 6.07) is 5.33. The van der Waals surface area contributed by atoms with E-state index in [1.54, 1.807) is 18.0 Å². The van der Waals surface area contributed by atoms with Gasteiger partial charge in [0, 0.05) is 25.7 Å². The number of amidine groups is 1. The molecule has 0 saturated heterocycles. The van der Waals surface area contributed by atoms with Gasteiger partial charge < -0.3 is 21.2 Å². The third-order valence-corrected chi connectivity index (χ3v) is 3.57. The van der Waals surface area contributed by atoms with Gasteiger partial charge in [0.15, 0.2) is 5.84 Å². The molecule has 0 aliphatic rings. The highest BCUT2D eigenvalue weighted by molar-refractivity contribution is 5.97. The Balaban J connectivity index is 2.70. The van der Waals surface area contributed by atoms with Crippen LogP contribution in [-0.4, -0.2) is 41.5 Å². The standard InChI is InChI=1S/C15H24N4O2/c1-5-19(4)15(20)11(3)17-9-13-7-6-12(8-10(13)2)14(16)18-21/h6-8,11,17,21H,5,9H2,1-4H3,(H2,16,18). The topological polar surface area (TPSA) is 91.0 Å². The van der Waals surface area contributed by atoms with Crippen molar-refractivity contribution in [3.8, 4) is 0 Å². The van der Waals surface area contributed by atoms with E-state index >= 15 is 0 Å². The summed E-state index contributed by atoms with van der Waals surface area (Å²) in [7, 11) is 1.79. The molecule has 0 aliphatic heterocycles. The number of benzene rings is 1. The minimum Gasteiger partial charge on any atom is -0.409 e. The van der Waals surface area contributed by atoms with Gasteiger partial charge in [-0.05, 0) is 38.0 Å². The highest BCUT2D eigenvalue weighted by Gasteiger charge is 2.15. The molecule has 0 radical (unpaired) electrons. The van der Waals surface area contributed by atoms with Crippen molar-refractivity contribution in [1.82, 2.24) is 10.2 Å². The van der Waals surface area contributed by atoms with E-state index in [4.69, 9.17) is 10.9 Å². The number of nitrogens with zero attached hydrogens (tertiary/aromatic N) is 2. The van der Waals surface area contributed by atoms with Crippen LogP contribution in [0, 0.1) is 6.92 Å². The van der Waals surface area contributed by atoms with Gasteiger partial charge in [0.2, 0.25) is 5.91 Å². The summed E-state index contributed by atoms with van der Waals surface area (Å²) in [6.07, 6.45) is 0. The number of amides is 1. The van der Waals surface area contributed by atoms with Crippen LogP contribution in [0.25, 0.3) is 0 Å². The Morgan fingerprint density at radius 3 is 2.71 bits per heavy atom. The van der Waals surface area contributed by atoms with Crippen LogP contribution in [0.15, 0.2) is 23.4 Å². The molecular weight excluding hydrogens is 268 g/mol. The van der Waals surface area contributed by atoms with Crippen molar-refractivity contribution in [1.29, 1.82) is 0 Å². The van der Waals surface area contributed by atoms with Crippen LogP contribution in [0.4, 0.5) is 0 Å². The lowest BCUT2D eigenvalue weighted by molar-refractivity contribution is -0.131. The summed E-state index contributed by atoms with van der Waals surface area (Å²) in [5, 5.41) is 14.9. The van der Waals surface area contributed by atoms with E-state index in [0.717, 1.165) is 11.1 Å². The molecule has 6 heteroatoms. The number of oxime groups is 1. The normalized spacial score (nSPS) is 13.0. The molecule has 0 spiro atoms. The molecule has 0 aromatic heterocycles. The second-order valence-corrected chi connectivity index (χ2v) is 5.08. The molecule has 1 aromatic rings. The Bertz CT molecular complexity index is 528. The molecule has 0 fully saturated rings. The van der Waals surface area contributed by atoms with Gasteiger partial charge in [-0.25, -0.2) is 0 Å². The second-order valence-electron chi connectivity index (χ2n) is 5.08. The van der Waals surface area contributed by atoms with E-state index < -0.39 is 0 Å². The minimum absolute atomic E-state index is 0.0726. The van der Waals surface area contributed by atoms with Crippen molar-refractivity contribution in [3.63, 3.8) is 0 Å². The number of likely N-dealkylation sites (N-methyl/N-ethyl adjacent to an activating group) is 1. The molecule has 1 atom stereocenters. The Morgan fingerprint density at radius 1 is 1.52 bits per heavy atom. The highest BCUT2D eigenvalue weighted by Crippen LogP contribution is 2.11. The summed E-state index contributed by atoms with van der Waals surface area (Å²) in [6.45, 7) is 7.04. The van der Waals surface area contributed by atoms with Gasteiger partial charge in [0.05, 0.1) is 6.04 Å². The fourth-order valence-corrected chi connectivity index (χ4v) is 1.95. The van der Waals surface area contributed by atoms with E-state index in [1.165, 1.54) is 0 Å². The van der Waals surface area contributed by atoms with Gasteiger partial charge in [-0.15, -0.1) is 0 Å². The molecule has 1 rings (SSSR count). The number of rotatable bonds is 6. The molecule has 1 unspecified atom stereocenters. The van der Waals surface area contributed by atoms with Crippen molar-refractivity contribution < 1.29 is 10.0 Å². The molecule has 1 amide bonds. The van der Waals surface area contributed by atoms with Crippen LogP contribution >= 0.6 is 0 Å². The number of carbonyl (C=O) groups is 1.